The van der Waals surface area contributed by atoms with Crippen LogP contribution >= 0.6 is 0 Å². The van der Waals surface area contributed by atoms with Gasteiger partial charge in [0.25, 0.3) is 5.56 Å². The van der Waals surface area contributed by atoms with Crippen molar-refractivity contribution in [3.8, 4) is 0 Å². The van der Waals surface area contributed by atoms with Gasteiger partial charge in [-0.15, -0.1) is 0 Å². The summed E-state index contributed by atoms with van der Waals surface area (Å²) in [5.41, 5.74) is 1.68. The Bertz CT molecular complexity index is 1110. The second-order valence-electron chi connectivity index (χ2n) is 7.19. The van der Waals surface area contributed by atoms with Gasteiger partial charge in [-0.2, -0.15) is 13.2 Å². The standard InChI is InChI=1S/C20H21F3N4O2/c1-12-14(4-3-5-16(12)20(21,22)23)10-15-13(2)25-27-18(28)11-17(24-19(15)27)26-6-8-29-9-7-26/h3-5,11,25H,6-10H2,1-2H3. The number of hydrogen-bond donors (Lipinski definition) is 1. The third kappa shape index (κ3) is 3.62. The minimum atomic E-state index is -4.41. The Morgan fingerprint density at radius 1 is 1.21 bits per heavy atom. The minimum absolute atomic E-state index is 0.186. The van der Waals surface area contributed by atoms with Gasteiger partial charge in [0.15, 0.2) is 5.65 Å². The quantitative estimate of drug-likeness (QED) is 0.726. The molecule has 29 heavy (non-hydrogen) atoms. The molecule has 0 saturated carbocycles. The van der Waals surface area contributed by atoms with E-state index in [1.54, 1.807) is 13.0 Å². The molecule has 3 aromatic rings. The lowest BCUT2D eigenvalue weighted by molar-refractivity contribution is -0.138. The van der Waals surface area contributed by atoms with Crippen LogP contribution in [0.4, 0.5) is 19.0 Å². The number of aryl methyl sites for hydroxylation is 1. The van der Waals surface area contributed by atoms with E-state index in [1.807, 2.05) is 4.90 Å². The van der Waals surface area contributed by atoms with Crippen molar-refractivity contribution in [3.05, 3.63) is 62.6 Å². The number of benzene rings is 1. The van der Waals surface area contributed by atoms with Crippen LogP contribution in [0.5, 0.6) is 0 Å². The molecule has 0 radical (unpaired) electrons. The van der Waals surface area contributed by atoms with Crippen molar-refractivity contribution in [1.29, 1.82) is 0 Å². The highest BCUT2D eigenvalue weighted by molar-refractivity contribution is 5.57. The predicted molar refractivity (Wildman–Crippen MR) is 103 cm³/mol. The van der Waals surface area contributed by atoms with Crippen molar-refractivity contribution < 1.29 is 17.9 Å². The Kier molecular flexibility index (Phi) is 4.85. The molecule has 0 unspecified atom stereocenters. The zero-order valence-corrected chi connectivity index (χ0v) is 16.1. The van der Waals surface area contributed by atoms with Gasteiger partial charge in [0.2, 0.25) is 0 Å². The van der Waals surface area contributed by atoms with Crippen LogP contribution in [0.2, 0.25) is 0 Å². The summed E-state index contributed by atoms with van der Waals surface area (Å²) in [7, 11) is 0. The number of nitrogens with zero attached hydrogens (tertiary/aromatic N) is 3. The number of morpholine rings is 1. The molecule has 0 atom stereocenters. The molecule has 0 amide bonds. The largest absolute Gasteiger partial charge is 0.416 e. The number of aromatic amines is 1. The smallest absolute Gasteiger partial charge is 0.378 e. The number of aromatic nitrogens is 3. The molecule has 9 heteroatoms. The van der Waals surface area contributed by atoms with Gasteiger partial charge in [0.1, 0.15) is 5.82 Å². The summed E-state index contributed by atoms with van der Waals surface area (Å²) >= 11 is 0. The van der Waals surface area contributed by atoms with Crippen LogP contribution < -0.4 is 10.5 Å². The third-order valence-electron chi connectivity index (χ3n) is 5.36. The first-order valence-corrected chi connectivity index (χ1v) is 9.35. The van der Waals surface area contributed by atoms with Crippen LogP contribution in [-0.2, 0) is 17.3 Å². The van der Waals surface area contributed by atoms with Crippen molar-refractivity contribution in [2.75, 3.05) is 31.2 Å². The summed E-state index contributed by atoms with van der Waals surface area (Å²) in [5, 5.41) is 2.99. The Morgan fingerprint density at radius 2 is 1.93 bits per heavy atom. The summed E-state index contributed by atoms with van der Waals surface area (Å²) < 4.78 is 46.5. The number of ether oxygens (including phenoxy) is 1. The Hall–Kier alpha value is -2.81. The van der Waals surface area contributed by atoms with Crippen molar-refractivity contribution in [3.63, 3.8) is 0 Å². The van der Waals surface area contributed by atoms with Crippen LogP contribution in [0.25, 0.3) is 5.65 Å². The number of fused-ring (bicyclic) bond motifs is 1. The highest BCUT2D eigenvalue weighted by atomic mass is 19.4. The Labute approximate surface area is 164 Å². The van der Waals surface area contributed by atoms with Crippen LogP contribution in [0.1, 0.15) is 27.9 Å². The van der Waals surface area contributed by atoms with Gasteiger partial charge in [-0.25, -0.2) is 9.50 Å². The first kappa shape index (κ1) is 19.5. The van der Waals surface area contributed by atoms with Crippen LogP contribution in [-0.4, -0.2) is 40.9 Å². The summed E-state index contributed by atoms with van der Waals surface area (Å²) in [6.07, 6.45) is -4.17. The number of nitrogens with one attached hydrogen (secondary N) is 1. The molecule has 1 fully saturated rings. The monoisotopic (exact) mass is 406 g/mol. The van der Waals surface area contributed by atoms with Crippen molar-refractivity contribution in [2.24, 2.45) is 0 Å². The molecule has 1 aliphatic rings. The molecule has 1 N–H and O–H groups in total. The average molecular weight is 406 g/mol. The van der Waals surface area contributed by atoms with Gasteiger partial charge in [-0.05, 0) is 31.0 Å². The summed E-state index contributed by atoms with van der Waals surface area (Å²) in [6, 6.07) is 5.64. The van der Waals surface area contributed by atoms with Gasteiger partial charge in [-0.3, -0.25) is 9.89 Å². The maximum absolute atomic E-state index is 13.3. The topological polar surface area (TPSA) is 62.6 Å². The number of H-pyrrole nitrogens is 1. The van der Waals surface area contributed by atoms with Gasteiger partial charge in [0.05, 0.1) is 18.8 Å². The maximum Gasteiger partial charge on any atom is 0.416 e. The van der Waals surface area contributed by atoms with Gasteiger partial charge < -0.3 is 9.64 Å². The molecule has 3 heterocycles. The lowest BCUT2D eigenvalue weighted by atomic mass is 9.96. The normalized spacial score (nSPS) is 15.3. The van der Waals surface area contributed by atoms with E-state index in [-0.39, 0.29) is 17.5 Å². The van der Waals surface area contributed by atoms with E-state index in [2.05, 4.69) is 10.1 Å². The molecule has 0 bridgehead atoms. The third-order valence-corrected chi connectivity index (χ3v) is 5.36. The zero-order chi connectivity index (χ0) is 20.8. The number of anilines is 1. The minimum Gasteiger partial charge on any atom is -0.378 e. The second-order valence-corrected chi connectivity index (χ2v) is 7.19. The van der Waals surface area contributed by atoms with Crippen LogP contribution in [0.15, 0.2) is 29.1 Å². The van der Waals surface area contributed by atoms with E-state index in [0.717, 1.165) is 6.07 Å². The fourth-order valence-electron chi connectivity index (χ4n) is 3.72. The number of rotatable bonds is 3. The molecule has 0 spiro atoms. The fourth-order valence-corrected chi connectivity index (χ4v) is 3.72. The van der Waals surface area contributed by atoms with Crippen LogP contribution in [0, 0.1) is 13.8 Å². The van der Waals surface area contributed by atoms with Gasteiger partial charge >= 0.3 is 6.18 Å². The summed E-state index contributed by atoms with van der Waals surface area (Å²) in [4.78, 5) is 19.2. The molecule has 1 aromatic carbocycles. The first-order valence-electron chi connectivity index (χ1n) is 9.35. The second kappa shape index (κ2) is 7.22. The first-order chi connectivity index (χ1) is 13.8. The lowest BCUT2D eigenvalue weighted by Crippen LogP contribution is -2.37. The van der Waals surface area contributed by atoms with Crippen molar-refractivity contribution in [1.82, 2.24) is 14.6 Å². The van der Waals surface area contributed by atoms with Gasteiger partial charge in [0, 0.05) is 36.8 Å². The average Bonchev–Trinajstić information content (AvgIpc) is 2.99. The summed E-state index contributed by atoms with van der Waals surface area (Å²) in [6.45, 7) is 5.65. The number of alkyl halides is 3. The van der Waals surface area contributed by atoms with Gasteiger partial charge in [-0.1, -0.05) is 12.1 Å². The highest BCUT2D eigenvalue weighted by Gasteiger charge is 2.33. The molecule has 6 nitrogen and oxygen atoms in total. The molecule has 154 valence electrons. The predicted octanol–water partition coefficient (Wildman–Crippen LogP) is 3.09. The molecule has 1 saturated heterocycles. The zero-order valence-electron chi connectivity index (χ0n) is 16.1. The molecule has 0 aliphatic carbocycles. The Morgan fingerprint density at radius 3 is 2.62 bits per heavy atom. The molecule has 1 aliphatic heterocycles. The molecule has 2 aromatic heterocycles. The SMILES string of the molecule is Cc1[nH]n2c(=O)cc(N3CCOCC3)nc2c1Cc1cccc(C(F)(F)F)c1C. The van der Waals surface area contributed by atoms with E-state index in [4.69, 9.17) is 4.74 Å². The van der Waals surface area contributed by atoms with E-state index in [9.17, 15) is 18.0 Å². The van der Waals surface area contributed by atoms with Crippen molar-refractivity contribution >= 4 is 11.5 Å². The highest BCUT2D eigenvalue weighted by Crippen LogP contribution is 2.34. The van der Waals surface area contributed by atoms with E-state index in [0.29, 0.717) is 54.6 Å². The van der Waals surface area contributed by atoms with E-state index < -0.39 is 11.7 Å². The van der Waals surface area contributed by atoms with Crippen molar-refractivity contribution in [2.45, 2.75) is 26.4 Å². The molecular weight excluding hydrogens is 385 g/mol. The maximum atomic E-state index is 13.3. The number of hydrogen-bond acceptors (Lipinski definition) is 4. The molecule has 4 rings (SSSR count). The van der Waals surface area contributed by atoms with E-state index in [1.165, 1.54) is 23.6 Å². The van der Waals surface area contributed by atoms with Crippen LogP contribution in [0.3, 0.4) is 0 Å². The fraction of sp³-hybridized carbons (Fsp3) is 0.400. The Balaban J connectivity index is 1.79. The lowest BCUT2D eigenvalue weighted by Gasteiger charge is -2.27. The molecular formula is C20H21F3N4O2. The van der Waals surface area contributed by atoms with E-state index >= 15 is 0 Å². The number of halogens is 3. The summed E-state index contributed by atoms with van der Waals surface area (Å²) in [5.74, 6) is 0.555.